The van der Waals surface area contributed by atoms with E-state index in [4.69, 9.17) is 4.74 Å². The second kappa shape index (κ2) is 6.80. The Balaban J connectivity index is 1.78. The largest absolute Gasteiger partial charge is 0.390 e. The summed E-state index contributed by atoms with van der Waals surface area (Å²) in [4.78, 5) is 6.54. The highest BCUT2D eigenvalue weighted by molar-refractivity contribution is 5.64. The van der Waals surface area contributed by atoms with E-state index in [1.165, 1.54) is 5.56 Å². The fourth-order valence-electron chi connectivity index (χ4n) is 2.61. The van der Waals surface area contributed by atoms with Crippen LogP contribution < -0.4 is 0 Å². The number of aliphatic hydroxyl groups excluding tert-OH is 1. The number of hydrogen-bond donors (Lipinski definition) is 1. The standard InChI is InChI=1S/C17H20N2O2/c20-13-17-11-16(4-5-18-17)15-3-1-2-14(10-15)12-19-6-8-21-9-7-19/h1-5,10-11,20H,6-9,12-13H2. The second-order valence-electron chi connectivity index (χ2n) is 5.28. The highest BCUT2D eigenvalue weighted by Gasteiger charge is 2.11. The molecule has 2 aromatic rings. The Morgan fingerprint density at radius 3 is 2.71 bits per heavy atom. The van der Waals surface area contributed by atoms with Gasteiger partial charge in [-0.2, -0.15) is 0 Å². The lowest BCUT2D eigenvalue weighted by molar-refractivity contribution is 0.0342. The van der Waals surface area contributed by atoms with Gasteiger partial charge in [-0.25, -0.2) is 0 Å². The van der Waals surface area contributed by atoms with Crippen molar-refractivity contribution in [2.75, 3.05) is 26.3 Å². The Morgan fingerprint density at radius 1 is 1.10 bits per heavy atom. The average molecular weight is 284 g/mol. The van der Waals surface area contributed by atoms with E-state index in [9.17, 15) is 5.11 Å². The molecule has 1 aromatic carbocycles. The molecule has 0 saturated carbocycles. The average Bonchev–Trinajstić information content (AvgIpc) is 2.56. The number of nitrogens with zero attached hydrogens (tertiary/aromatic N) is 2. The van der Waals surface area contributed by atoms with Crippen LogP contribution in [-0.4, -0.2) is 41.3 Å². The lowest BCUT2D eigenvalue weighted by Gasteiger charge is -2.26. The molecule has 0 aliphatic carbocycles. The Morgan fingerprint density at radius 2 is 1.90 bits per heavy atom. The highest BCUT2D eigenvalue weighted by Crippen LogP contribution is 2.21. The first-order chi connectivity index (χ1) is 10.3. The third kappa shape index (κ3) is 3.67. The molecule has 2 heterocycles. The van der Waals surface area contributed by atoms with Crippen LogP contribution in [0.15, 0.2) is 42.6 Å². The van der Waals surface area contributed by atoms with Gasteiger partial charge in [0.15, 0.2) is 0 Å². The molecule has 4 heteroatoms. The zero-order chi connectivity index (χ0) is 14.5. The van der Waals surface area contributed by atoms with Gasteiger partial charge in [0.2, 0.25) is 0 Å². The quantitative estimate of drug-likeness (QED) is 0.933. The van der Waals surface area contributed by atoms with E-state index in [1.54, 1.807) is 6.20 Å². The van der Waals surface area contributed by atoms with Gasteiger partial charge in [-0.15, -0.1) is 0 Å². The molecule has 4 nitrogen and oxygen atoms in total. The fourth-order valence-corrected chi connectivity index (χ4v) is 2.61. The van der Waals surface area contributed by atoms with Crippen LogP contribution in [-0.2, 0) is 17.9 Å². The van der Waals surface area contributed by atoms with Gasteiger partial charge in [-0.1, -0.05) is 18.2 Å². The van der Waals surface area contributed by atoms with Crippen molar-refractivity contribution >= 4 is 0 Å². The van der Waals surface area contributed by atoms with Crippen molar-refractivity contribution in [1.82, 2.24) is 9.88 Å². The molecule has 0 amide bonds. The smallest absolute Gasteiger partial charge is 0.0853 e. The second-order valence-corrected chi connectivity index (χ2v) is 5.28. The third-order valence-electron chi connectivity index (χ3n) is 3.75. The summed E-state index contributed by atoms with van der Waals surface area (Å²) in [6.45, 7) is 4.56. The number of ether oxygens (including phenoxy) is 1. The lowest BCUT2D eigenvalue weighted by atomic mass is 10.0. The first-order valence-corrected chi connectivity index (χ1v) is 7.30. The summed E-state index contributed by atoms with van der Waals surface area (Å²) in [6.07, 6.45) is 1.75. The minimum Gasteiger partial charge on any atom is -0.390 e. The predicted octanol–water partition coefficient (Wildman–Crippen LogP) is 2.07. The molecule has 110 valence electrons. The maximum Gasteiger partial charge on any atom is 0.0853 e. The summed E-state index contributed by atoms with van der Waals surface area (Å²) < 4.78 is 5.38. The highest BCUT2D eigenvalue weighted by atomic mass is 16.5. The van der Waals surface area contributed by atoms with Crippen molar-refractivity contribution in [3.63, 3.8) is 0 Å². The molecule has 0 bridgehead atoms. The van der Waals surface area contributed by atoms with Crippen molar-refractivity contribution < 1.29 is 9.84 Å². The number of morpholine rings is 1. The molecule has 3 rings (SSSR count). The Hall–Kier alpha value is -1.75. The molecule has 1 saturated heterocycles. The monoisotopic (exact) mass is 284 g/mol. The third-order valence-corrected chi connectivity index (χ3v) is 3.75. The normalized spacial score (nSPS) is 16.0. The van der Waals surface area contributed by atoms with Gasteiger partial charge >= 0.3 is 0 Å². The van der Waals surface area contributed by atoms with E-state index in [2.05, 4.69) is 34.1 Å². The van der Waals surface area contributed by atoms with Gasteiger partial charge in [0.25, 0.3) is 0 Å². The van der Waals surface area contributed by atoms with E-state index < -0.39 is 0 Å². The fraction of sp³-hybridized carbons (Fsp3) is 0.353. The SMILES string of the molecule is OCc1cc(-c2cccc(CN3CCOCC3)c2)ccn1. The predicted molar refractivity (Wildman–Crippen MR) is 81.7 cm³/mol. The molecule has 1 N–H and O–H groups in total. The van der Waals surface area contributed by atoms with E-state index in [0.29, 0.717) is 5.69 Å². The topological polar surface area (TPSA) is 45.6 Å². The maximum atomic E-state index is 9.20. The maximum absolute atomic E-state index is 9.20. The summed E-state index contributed by atoms with van der Waals surface area (Å²) in [6, 6.07) is 12.5. The number of pyridine rings is 1. The molecular weight excluding hydrogens is 264 g/mol. The molecule has 1 aliphatic rings. The van der Waals surface area contributed by atoms with Crippen molar-refractivity contribution in [3.05, 3.63) is 53.9 Å². The minimum atomic E-state index is -0.0265. The Labute approximate surface area is 125 Å². The van der Waals surface area contributed by atoms with E-state index in [1.807, 2.05) is 12.1 Å². The molecule has 0 spiro atoms. The zero-order valence-corrected chi connectivity index (χ0v) is 12.0. The van der Waals surface area contributed by atoms with Crippen molar-refractivity contribution in [3.8, 4) is 11.1 Å². The summed E-state index contributed by atoms with van der Waals surface area (Å²) in [5.74, 6) is 0. The molecule has 0 unspecified atom stereocenters. The molecule has 1 aromatic heterocycles. The van der Waals surface area contributed by atoms with Crippen LogP contribution in [0.3, 0.4) is 0 Å². The van der Waals surface area contributed by atoms with Crippen molar-refractivity contribution in [1.29, 1.82) is 0 Å². The molecule has 0 radical (unpaired) electrons. The van der Waals surface area contributed by atoms with Crippen LogP contribution >= 0.6 is 0 Å². The van der Waals surface area contributed by atoms with Gasteiger partial charge in [0.1, 0.15) is 0 Å². The van der Waals surface area contributed by atoms with Crippen molar-refractivity contribution in [2.45, 2.75) is 13.2 Å². The van der Waals surface area contributed by atoms with Crippen molar-refractivity contribution in [2.24, 2.45) is 0 Å². The molecule has 21 heavy (non-hydrogen) atoms. The zero-order valence-electron chi connectivity index (χ0n) is 12.0. The number of benzene rings is 1. The van der Waals surface area contributed by atoms with Gasteiger partial charge in [-0.3, -0.25) is 9.88 Å². The number of aliphatic hydroxyl groups is 1. The number of aromatic nitrogens is 1. The van der Waals surface area contributed by atoms with Crippen LogP contribution in [0.1, 0.15) is 11.3 Å². The van der Waals surface area contributed by atoms with Crippen LogP contribution in [0.25, 0.3) is 11.1 Å². The van der Waals surface area contributed by atoms with Gasteiger partial charge in [-0.05, 0) is 34.9 Å². The summed E-state index contributed by atoms with van der Waals surface area (Å²) in [5, 5.41) is 9.20. The first kappa shape index (κ1) is 14.2. The van der Waals surface area contributed by atoms with Crippen LogP contribution in [0, 0.1) is 0 Å². The molecule has 1 fully saturated rings. The molecule has 0 atom stereocenters. The Kier molecular flexibility index (Phi) is 4.60. The number of hydrogen-bond acceptors (Lipinski definition) is 4. The van der Waals surface area contributed by atoms with E-state index in [-0.39, 0.29) is 6.61 Å². The summed E-state index contributed by atoms with van der Waals surface area (Å²) in [5.41, 5.74) is 4.26. The van der Waals surface area contributed by atoms with E-state index >= 15 is 0 Å². The number of rotatable bonds is 4. The lowest BCUT2D eigenvalue weighted by Crippen LogP contribution is -2.35. The summed E-state index contributed by atoms with van der Waals surface area (Å²) in [7, 11) is 0. The summed E-state index contributed by atoms with van der Waals surface area (Å²) >= 11 is 0. The Bertz CT molecular complexity index is 595. The van der Waals surface area contributed by atoms with Crippen LogP contribution in [0.4, 0.5) is 0 Å². The van der Waals surface area contributed by atoms with Crippen LogP contribution in [0.2, 0.25) is 0 Å². The van der Waals surface area contributed by atoms with E-state index in [0.717, 1.165) is 44.0 Å². The minimum absolute atomic E-state index is 0.0265. The van der Waals surface area contributed by atoms with Gasteiger partial charge < -0.3 is 9.84 Å². The molecular formula is C17H20N2O2. The molecule has 1 aliphatic heterocycles. The van der Waals surface area contributed by atoms with Gasteiger partial charge in [0, 0.05) is 25.8 Å². The van der Waals surface area contributed by atoms with Gasteiger partial charge in [0.05, 0.1) is 25.5 Å². The van der Waals surface area contributed by atoms with Crippen LogP contribution in [0.5, 0.6) is 0 Å². The first-order valence-electron chi connectivity index (χ1n) is 7.30.